The Morgan fingerprint density at radius 2 is 1.84 bits per heavy atom. The quantitative estimate of drug-likeness (QED) is 0.493. The molecule has 6 heteroatoms. The molecule has 0 saturated heterocycles. The van der Waals surface area contributed by atoms with Gasteiger partial charge in [0.15, 0.2) is 6.61 Å². The van der Waals surface area contributed by atoms with Gasteiger partial charge in [-0.1, -0.05) is 62.2 Å². The Morgan fingerprint density at radius 3 is 2.52 bits per heavy atom. The first-order valence-corrected chi connectivity index (χ1v) is 11.3. The summed E-state index contributed by atoms with van der Waals surface area (Å²) in [6.07, 6.45) is 2.39. The molecule has 0 aliphatic heterocycles. The van der Waals surface area contributed by atoms with Crippen LogP contribution in [0, 0.1) is 13.8 Å². The lowest BCUT2D eigenvalue weighted by molar-refractivity contribution is -0.143. The third-order valence-corrected chi connectivity index (χ3v) is 5.79. The minimum absolute atomic E-state index is 0.145. The zero-order valence-electron chi connectivity index (χ0n) is 18.9. The van der Waals surface area contributed by atoms with Crippen molar-refractivity contribution in [3.05, 3.63) is 64.2 Å². The predicted molar refractivity (Wildman–Crippen MR) is 125 cm³/mol. The van der Waals surface area contributed by atoms with Crippen molar-refractivity contribution < 1.29 is 14.3 Å². The SMILES string of the molecule is CCCCNC(=O)C(CC)N(Cc1ccccc1Cl)C(=O)COc1cccc(C)c1C. The van der Waals surface area contributed by atoms with Crippen LogP contribution in [0.25, 0.3) is 0 Å². The molecule has 2 amide bonds. The first-order chi connectivity index (χ1) is 14.9. The molecule has 2 rings (SSSR count). The van der Waals surface area contributed by atoms with Crippen LogP contribution in [0.5, 0.6) is 5.75 Å². The number of aryl methyl sites for hydroxylation is 1. The maximum Gasteiger partial charge on any atom is 0.261 e. The average Bonchev–Trinajstić information content (AvgIpc) is 2.76. The summed E-state index contributed by atoms with van der Waals surface area (Å²) in [6.45, 7) is 8.64. The Bertz CT molecular complexity index is 885. The molecule has 0 saturated carbocycles. The molecule has 0 bridgehead atoms. The molecule has 0 heterocycles. The molecule has 1 unspecified atom stereocenters. The highest BCUT2D eigenvalue weighted by Crippen LogP contribution is 2.22. The molecule has 168 valence electrons. The molecule has 0 radical (unpaired) electrons. The lowest BCUT2D eigenvalue weighted by atomic mass is 10.1. The Hall–Kier alpha value is -2.53. The fourth-order valence-electron chi connectivity index (χ4n) is 3.34. The van der Waals surface area contributed by atoms with Gasteiger partial charge in [0, 0.05) is 18.1 Å². The van der Waals surface area contributed by atoms with Crippen LogP contribution in [-0.2, 0) is 16.1 Å². The van der Waals surface area contributed by atoms with Gasteiger partial charge in [0.2, 0.25) is 5.91 Å². The van der Waals surface area contributed by atoms with E-state index in [1.165, 1.54) is 0 Å². The van der Waals surface area contributed by atoms with Gasteiger partial charge in [0.05, 0.1) is 0 Å². The van der Waals surface area contributed by atoms with Crippen LogP contribution in [0.1, 0.15) is 49.8 Å². The molecule has 0 aliphatic carbocycles. The van der Waals surface area contributed by atoms with E-state index in [0.717, 1.165) is 29.5 Å². The van der Waals surface area contributed by atoms with E-state index < -0.39 is 6.04 Å². The fourth-order valence-corrected chi connectivity index (χ4v) is 3.53. The third kappa shape index (κ3) is 7.00. The van der Waals surface area contributed by atoms with Crippen molar-refractivity contribution in [3.8, 4) is 5.75 Å². The second kappa shape index (κ2) is 12.4. The van der Waals surface area contributed by atoms with Gasteiger partial charge in [-0.3, -0.25) is 9.59 Å². The monoisotopic (exact) mass is 444 g/mol. The largest absolute Gasteiger partial charge is 0.483 e. The molecule has 31 heavy (non-hydrogen) atoms. The molecule has 0 aliphatic rings. The molecule has 0 aromatic heterocycles. The van der Waals surface area contributed by atoms with E-state index in [4.69, 9.17) is 16.3 Å². The van der Waals surface area contributed by atoms with Gasteiger partial charge in [0.25, 0.3) is 5.91 Å². The van der Waals surface area contributed by atoms with Gasteiger partial charge in [-0.2, -0.15) is 0 Å². The summed E-state index contributed by atoms with van der Waals surface area (Å²) in [4.78, 5) is 27.7. The zero-order chi connectivity index (χ0) is 22.8. The minimum atomic E-state index is -0.595. The summed E-state index contributed by atoms with van der Waals surface area (Å²) >= 11 is 6.34. The molecule has 2 aromatic rings. The van der Waals surface area contributed by atoms with Crippen molar-refractivity contribution in [2.45, 2.75) is 59.5 Å². The maximum atomic E-state index is 13.2. The number of carbonyl (C=O) groups is 2. The summed E-state index contributed by atoms with van der Waals surface area (Å²) in [5.74, 6) is 0.271. The number of ether oxygens (including phenoxy) is 1. The highest BCUT2D eigenvalue weighted by Gasteiger charge is 2.29. The summed E-state index contributed by atoms with van der Waals surface area (Å²) in [5.41, 5.74) is 2.89. The van der Waals surface area contributed by atoms with Gasteiger partial charge in [-0.05, 0) is 55.5 Å². The van der Waals surface area contributed by atoms with Gasteiger partial charge in [-0.25, -0.2) is 0 Å². The zero-order valence-corrected chi connectivity index (χ0v) is 19.7. The van der Waals surface area contributed by atoms with E-state index in [2.05, 4.69) is 12.2 Å². The summed E-state index contributed by atoms with van der Waals surface area (Å²) in [7, 11) is 0. The van der Waals surface area contributed by atoms with Gasteiger partial charge in [-0.15, -0.1) is 0 Å². The van der Waals surface area contributed by atoms with E-state index in [1.807, 2.05) is 57.2 Å². The number of rotatable bonds is 11. The van der Waals surface area contributed by atoms with Gasteiger partial charge in [0.1, 0.15) is 11.8 Å². The van der Waals surface area contributed by atoms with Crippen LogP contribution in [0.3, 0.4) is 0 Å². The third-order valence-electron chi connectivity index (χ3n) is 5.42. The maximum absolute atomic E-state index is 13.2. The fraction of sp³-hybridized carbons (Fsp3) is 0.440. The molecular weight excluding hydrogens is 412 g/mol. The Morgan fingerprint density at radius 1 is 1.10 bits per heavy atom. The lowest BCUT2D eigenvalue weighted by Gasteiger charge is -2.31. The van der Waals surface area contributed by atoms with Crippen molar-refractivity contribution in [2.75, 3.05) is 13.2 Å². The first kappa shape index (κ1) is 24.7. The number of nitrogens with zero attached hydrogens (tertiary/aromatic N) is 1. The number of benzene rings is 2. The molecule has 0 spiro atoms. The van der Waals surface area contributed by atoms with E-state index in [-0.39, 0.29) is 25.0 Å². The molecule has 1 N–H and O–H groups in total. The van der Waals surface area contributed by atoms with Crippen molar-refractivity contribution >= 4 is 23.4 Å². The smallest absolute Gasteiger partial charge is 0.261 e. The lowest BCUT2D eigenvalue weighted by Crippen LogP contribution is -2.50. The van der Waals surface area contributed by atoms with E-state index in [9.17, 15) is 9.59 Å². The Labute approximate surface area is 190 Å². The Balaban J connectivity index is 2.22. The second-order valence-corrected chi connectivity index (χ2v) is 8.08. The van der Waals surface area contributed by atoms with Crippen LogP contribution in [0.2, 0.25) is 5.02 Å². The number of halogens is 1. The van der Waals surface area contributed by atoms with E-state index in [1.54, 1.807) is 11.0 Å². The van der Waals surface area contributed by atoms with Crippen LogP contribution in [0.4, 0.5) is 0 Å². The normalized spacial score (nSPS) is 11.6. The number of carbonyl (C=O) groups excluding carboxylic acids is 2. The Kier molecular flexibility index (Phi) is 9.86. The van der Waals surface area contributed by atoms with Crippen molar-refractivity contribution in [3.63, 3.8) is 0 Å². The second-order valence-electron chi connectivity index (χ2n) is 7.67. The first-order valence-electron chi connectivity index (χ1n) is 10.9. The van der Waals surface area contributed by atoms with Gasteiger partial charge >= 0.3 is 0 Å². The van der Waals surface area contributed by atoms with Crippen LogP contribution >= 0.6 is 11.6 Å². The standard InChI is InChI=1S/C25H33ClN2O3/c1-5-7-15-27-25(30)22(6-2)28(16-20-12-8-9-13-21(20)26)24(29)17-31-23-14-10-11-18(3)19(23)4/h8-14,22H,5-7,15-17H2,1-4H3,(H,27,30). The van der Waals surface area contributed by atoms with Crippen molar-refractivity contribution in [2.24, 2.45) is 0 Å². The van der Waals surface area contributed by atoms with Crippen LogP contribution in [0.15, 0.2) is 42.5 Å². The van der Waals surface area contributed by atoms with E-state index in [0.29, 0.717) is 23.7 Å². The van der Waals surface area contributed by atoms with Crippen LogP contribution < -0.4 is 10.1 Å². The summed E-state index contributed by atoms with van der Waals surface area (Å²) in [5, 5.41) is 3.52. The van der Waals surface area contributed by atoms with Crippen LogP contribution in [-0.4, -0.2) is 35.9 Å². The minimum Gasteiger partial charge on any atom is -0.483 e. The van der Waals surface area contributed by atoms with Gasteiger partial charge < -0.3 is 15.0 Å². The topological polar surface area (TPSA) is 58.6 Å². The number of unbranched alkanes of at least 4 members (excludes halogenated alkanes) is 1. The molecule has 0 fully saturated rings. The highest BCUT2D eigenvalue weighted by molar-refractivity contribution is 6.31. The number of hydrogen-bond acceptors (Lipinski definition) is 3. The molecular formula is C25H33ClN2O3. The highest BCUT2D eigenvalue weighted by atomic mass is 35.5. The van der Waals surface area contributed by atoms with Crippen molar-refractivity contribution in [1.82, 2.24) is 10.2 Å². The van der Waals surface area contributed by atoms with E-state index >= 15 is 0 Å². The molecule has 2 aromatic carbocycles. The molecule has 1 atom stereocenters. The van der Waals surface area contributed by atoms with Crippen molar-refractivity contribution in [1.29, 1.82) is 0 Å². The average molecular weight is 445 g/mol. The predicted octanol–water partition coefficient (Wildman–Crippen LogP) is 5.06. The number of nitrogens with one attached hydrogen (secondary N) is 1. The summed E-state index contributed by atoms with van der Waals surface area (Å²) in [6, 6.07) is 12.5. The molecule has 5 nitrogen and oxygen atoms in total. The summed E-state index contributed by atoms with van der Waals surface area (Å²) < 4.78 is 5.85. The number of amides is 2. The number of hydrogen-bond donors (Lipinski definition) is 1.